The van der Waals surface area contributed by atoms with E-state index in [0.29, 0.717) is 6.54 Å². The van der Waals surface area contributed by atoms with E-state index < -0.39 is 17.2 Å². The van der Waals surface area contributed by atoms with E-state index in [1.165, 1.54) is 12.1 Å². The number of amides is 1. The van der Waals surface area contributed by atoms with Crippen LogP contribution in [0.1, 0.15) is 38.2 Å². The Labute approximate surface area is 123 Å². The SMILES string of the molecule is CC1CCCCC1(CN)NC(=O)Cc1cccc(F)c1F. The summed E-state index contributed by atoms with van der Waals surface area (Å²) in [7, 11) is 0. The predicted molar refractivity (Wildman–Crippen MR) is 77.6 cm³/mol. The van der Waals surface area contributed by atoms with Crippen molar-refractivity contribution in [2.24, 2.45) is 11.7 Å². The summed E-state index contributed by atoms with van der Waals surface area (Å²) in [4.78, 5) is 12.2. The molecule has 0 aromatic heterocycles. The first-order chi connectivity index (χ1) is 9.98. The summed E-state index contributed by atoms with van der Waals surface area (Å²) < 4.78 is 26.8. The van der Waals surface area contributed by atoms with Gasteiger partial charge in [-0.05, 0) is 24.8 Å². The van der Waals surface area contributed by atoms with Gasteiger partial charge in [0.25, 0.3) is 0 Å². The maximum atomic E-state index is 13.6. The Balaban J connectivity index is 2.08. The predicted octanol–water partition coefficient (Wildman–Crippen LogP) is 2.53. The van der Waals surface area contributed by atoms with Gasteiger partial charge in [0.05, 0.1) is 12.0 Å². The van der Waals surface area contributed by atoms with E-state index in [9.17, 15) is 13.6 Å². The minimum atomic E-state index is -0.953. The van der Waals surface area contributed by atoms with Crippen molar-refractivity contribution in [1.29, 1.82) is 0 Å². The zero-order valence-corrected chi connectivity index (χ0v) is 12.3. The molecule has 1 aliphatic carbocycles. The van der Waals surface area contributed by atoms with Crippen molar-refractivity contribution in [3.63, 3.8) is 0 Å². The third kappa shape index (κ3) is 3.40. The Morgan fingerprint density at radius 1 is 1.43 bits per heavy atom. The summed E-state index contributed by atoms with van der Waals surface area (Å²) in [5, 5.41) is 2.97. The van der Waals surface area contributed by atoms with E-state index in [2.05, 4.69) is 12.2 Å². The molecule has 0 saturated heterocycles. The van der Waals surface area contributed by atoms with Crippen LogP contribution < -0.4 is 11.1 Å². The molecule has 0 spiro atoms. The first-order valence-corrected chi connectivity index (χ1v) is 7.42. The molecule has 1 aliphatic rings. The van der Waals surface area contributed by atoms with Crippen LogP contribution in [0.15, 0.2) is 18.2 Å². The van der Waals surface area contributed by atoms with Gasteiger partial charge in [-0.3, -0.25) is 4.79 Å². The van der Waals surface area contributed by atoms with E-state index in [1.54, 1.807) is 0 Å². The molecule has 0 heterocycles. The highest BCUT2D eigenvalue weighted by atomic mass is 19.2. The standard InChI is InChI=1S/C16H22F2N2O/c1-11-5-2-3-8-16(11,10-19)20-14(21)9-12-6-4-7-13(17)15(12)18/h4,6-7,11H,2-3,5,8-10,19H2,1H3,(H,20,21). The van der Waals surface area contributed by atoms with Gasteiger partial charge < -0.3 is 11.1 Å². The maximum Gasteiger partial charge on any atom is 0.225 e. The Hall–Kier alpha value is -1.49. The Bertz CT molecular complexity index is 521. The molecule has 2 unspecified atom stereocenters. The number of nitrogens with two attached hydrogens (primary N) is 1. The van der Waals surface area contributed by atoms with E-state index >= 15 is 0 Å². The number of hydrogen-bond acceptors (Lipinski definition) is 2. The fourth-order valence-electron chi connectivity index (χ4n) is 3.13. The Kier molecular flexibility index (Phi) is 4.93. The number of halogens is 2. The van der Waals surface area contributed by atoms with Crippen molar-refractivity contribution in [2.75, 3.05) is 6.54 Å². The molecular formula is C16H22F2N2O. The van der Waals surface area contributed by atoms with Crippen molar-refractivity contribution in [1.82, 2.24) is 5.32 Å². The monoisotopic (exact) mass is 296 g/mol. The molecule has 5 heteroatoms. The van der Waals surface area contributed by atoms with Crippen LogP contribution in [-0.2, 0) is 11.2 Å². The molecule has 1 fully saturated rings. The van der Waals surface area contributed by atoms with E-state index in [0.717, 1.165) is 31.7 Å². The van der Waals surface area contributed by atoms with Gasteiger partial charge in [-0.25, -0.2) is 8.78 Å². The van der Waals surface area contributed by atoms with Crippen LogP contribution in [-0.4, -0.2) is 18.0 Å². The van der Waals surface area contributed by atoms with Crippen molar-refractivity contribution in [3.8, 4) is 0 Å². The number of carbonyl (C=O) groups excluding carboxylic acids is 1. The molecule has 0 radical (unpaired) electrons. The largest absolute Gasteiger partial charge is 0.349 e. The van der Waals surface area contributed by atoms with Crippen LogP contribution in [0.3, 0.4) is 0 Å². The summed E-state index contributed by atoms with van der Waals surface area (Å²) >= 11 is 0. The summed E-state index contributed by atoms with van der Waals surface area (Å²) in [5.41, 5.74) is 5.53. The smallest absolute Gasteiger partial charge is 0.225 e. The molecule has 1 aromatic carbocycles. The number of benzene rings is 1. The molecule has 21 heavy (non-hydrogen) atoms. The zero-order valence-electron chi connectivity index (χ0n) is 12.3. The van der Waals surface area contributed by atoms with Crippen LogP contribution in [0.25, 0.3) is 0 Å². The summed E-state index contributed by atoms with van der Waals surface area (Å²) in [6, 6.07) is 3.88. The fourth-order valence-corrected chi connectivity index (χ4v) is 3.13. The van der Waals surface area contributed by atoms with E-state index in [1.807, 2.05) is 0 Å². The van der Waals surface area contributed by atoms with Gasteiger partial charge in [-0.2, -0.15) is 0 Å². The third-order valence-corrected chi connectivity index (χ3v) is 4.59. The second-order valence-electron chi connectivity index (χ2n) is 5.94. The topological polar surface area (TPSA) is 55.1 Å². The Morgan fingerprint density at radius 3 is 2.86 bits per heavy atom. The lowest BCUT2D eigenvalue weighted by molar-refractivity contribution is -0.123. The van der Waals surface area contributed by atoms with Crippen molar-refractivity contribution < 1.29 is 13.6 Å². The summed E-state index contributed by atoms with van der Waals surface area (Å²) in [6.07, 6.45) is 3.85. The van der Waals surface area contributed by atoms with Gasteiger partial charge in [-0.15, -0.1) is 0 Å². The molecule has 1 aromatic rings. The lowest BCUT2D eigenvalue weighted by Crippen LogP contribution is -2.59. The second kappa shape index (κ2) is 6.52. The lowest BCUT2D eigenvalue weighted by atomic mass is 9.73. The molecule has 0 aliphatic heterocycles. The van der Waals surface area contributed by atoms with Crippen LogP contribution in [0.5, 0.6) is 0 Å². The van der Waals surface area contributed by atoms with Crippen molar-refractivity contribution in [2.45, 2.75) is 44.6 Å². The number of carbonyl (C=O) groups is 1. The summed E-state index contributed by atoms with van der Waals surface area (Å²) in [6.45, 7) is 2.45. The average molecular weight is 296 g/mol. The van der Waals surface area contributed by atoms with Crippen LogP contribution >= 0.6 is 0 Å². The fraction of sp³-hybridized carbons (Fsp3) is 0.562. The van der Waals surface area contributed by atoms with Crippen LogP contribution in [0, 0.1) is 17.6 Å². The van der Waals surface area contributed by atoms with Gasteiger partial charge in [0.15, 0.2) is 11.6 Å². The van der Waals surface area contributed by atoms with E-state index in [4.69, 9.17) is 5.73 Å². The van der Waals surface area contributed by atoms with Crippen molar-refractivity contribution in [3.05, 3.63) is 35.4 Å². The molecular weight excluding hydrogens is 274 g/mol. The molecule has 116 valence electrons. The lowest BCUT2D eigenvalue weighted by Gasteiger charge is -2.42. The number of hydrogen-bond donors (Lipinski definition) is 2. The molecule has 1 amide bonds. The molecule has 2 atom stereocenters. The van der Waals surface area contributed by atoms with Gasteiger partial charge in [-0.1, -0.05) is 31.9 Å². The normalized spacial score (nSPS) is 25.6. The Morgan fingerprint density at radius 2 is 2.19 bits per heavy atom. The molecule has 0 bridgehead atoms. The number of rotatable bonds is 4. The molecule has 2 rings (SSSR count). The van der Waals surface area contributed by atoms with Gasteiger partial charge in [0.1, 0.15) is 0 Å². The molecule has 3 nitrogen and oxygen atoms in total. The molecule has 3 N–H and O–H groups in total. The zero-order chi connectivity index (χ0) is 15.5. The van der Waals surface area contributed by atoms with Crippen molar-refractivity contribution >= 4 is 5.91 Å². The minimum absolute atomic E-state index is 0.0723. The molecule has 1 saturated carbocycles. The van der Waals surface area contributed by atoms with Gasteiger partial charge >= 0.3 is 0 Å². The summed E-state index contributed by atoms with van der Waals surface area (Å²) in [5.74, 6) is -1.90. The van der Waals surface area contributed by atoms with Gasteiger partial charge in [0, 0.05) is 12.1 Å². The van der Waals surface area contributed by atoms with E-state index in [-0.39, 0.29) is 23.8 Å². The first kappa shape index (κ1) is 15.9. The number of nitrogens with one attached hydrogen (secondary N) is 1. The highest BCUT2D eigenvalue weighted by molar-refractivity contribution is 5.79. The van der Waals surface area contributed by atoms with Crippen LogP contribution in [0.4, 0.5) is 8.78 Å². The highest BCUT2D eigenvalue weighted by Gasteiger charge is 2.38. The van der Waals surface area contributed by atoms with Gasteiger partial charge in [0.2, 0.25) is 5.91 Å². The third-order valence-electron chi connectivity index (χ3n) is 4.59. The highest BCUT2D eigenvalue weighted by Crippen LogP contribution is 2.33. The quantitative estimate of drug-likeness (QED) is 0.897. The minimum Gasteiger partial charge on any atom is -0.349 e. The average Bonchev–Trinajstić information content (AvgIpc) is 2.46. The maximum absolute atomic E-state index is 13.6. The van der Waals surface area contributed by atoms with Crippen LogP contribution in [0.2, 0.25) is 0 Å². The first-order valence-electron chi connectivity index (χ1n) is 7.42. The second-order valence-corrected chi connectivity index (χ2v) is 5.94.